The predicted molar refractivity (Wildman–Crippen MR) is 93.7 cm³/mol. The van der Waals surface area contributed by atoms with Crippen molar-refractivity contribution in [2.24, 2.45) is 0 Å². The summed E-state index contributed by atoms with van der Waals surface area (Å²) in [6.45, 7) is 30.7. The van der Waals surface area contributed by atoms with Gasteiger partial charge in [-0.1, -0.05) is 52.0 Å². The predicted octanol–water partition coefficient (Wildman–Crippen LogP) is 3.93. The van der Waals surface area contributed by atoms with Crippen LogP contribution in [0, 0.1) is 51.7 Å². The molecule has 0 aliphatic rings. The van der Waals surface area contributed by atoms with E-state index < -0.39 is 0 Å². The minimum Gasteiger partial charge on any atom is 0 e. The summed E-state index contributed by atoms with van der Waals surface area (Å²) in [6.07, 6.45) is 5.23. The van der Waals surface area contributed by atoms with Gasteiger partial charge in [0.05, 0.1) is 4.83 Å². The van der Waals surface area contributed by atoms with E-state index in [1.165, 1.54) is 0 Å². The van der Waals surface area contributed by atoms with E-state index in [2.05, 4.69) is 74.3 Å². The molecule has 0 bridgehead atoms. The quantitative estimate of drug-likeness (QED) is 0.135. The second-order valence-corrected chi connectivity index (χ2v) is 4.43. The number of halogens is 1. The summed E-state index contributed by atoms with van der Waals surface area (Å²) in [6, 6.07) is 10.1. The van der Waals surface area contributed by atoms with Gasteiger partial charge in [0.15, 0.2) is 0 Å². The largest absolute Gasteiger partial charge is 0 e. The fourth-order valence-corrected chi connectivity index (χ4v) is 1.63. The van der Waals surface area contributed by atoms with Gasteiger partial charge in [0.2, 0.25) is 0 Å². The molecule has 156 valence electrons. The molecule has 0 aromatic heterocycles. The number of allylic oxidation sites excluding steroid dienone is 1. The summed E-state index contributed by atoms with van der Waals surface area (Å²) in [5, 5.41) is 0. The smallest absolute Gasteiger partial charge is 0 e. The molecule has 1 atom stereocenters. The molecule has 2 radical (unpaired) electrons. The number of hydrogen-bond donors (Lipinski definition) is 0. The van der Waals surface area contributed by atoms with Crippen LogP contribution in [0.4, 0.5) is 0 Å². The Hall–Kier alpha value is -1.55. The maximum Gasteiger partial charge on any atom is 0 e. The Morgan fingerprint density at radius 2 is 1.21 bits per heavy atom. The zero-order valence-electron chi connectivity index (χ0n) is 14.9. The first kappa shape index (κ1) is 50.8. The van der Waals surface area contributed by atoms with E-state index in [4.69, 9.17) is 27.9 Å². The second kappa shape index (κ2) is 71.8. The van der Waals surface area contributed by atoms with Crippen LogP contribution in [0.25, 0.3) is 0 Å². The van der Waals surface area contributed by atoms with Gasteiger partial charge in [0, 0.05) is 39.1 Å². The molecule has 9 heteroatoms. The molecular formula is C20H15BrCo2O6. The van der Waals surface area contributed by atoms with Gasteiger partial charge in [-0.3, -0.25) is 0 Å². The molecule has 0 fully saturated rings. The molecule has 0 aliphatic carbocycles. The third-order valence-corrected chi connectivity index (χ3v) is 2.70. The van der Waals surface area contributed by atoms with Crippen LogP contribution < -0.4 is 0 Å². The maximum absolute atomic E-state index is 7.50. The molecule has 6 nitrogen and oxygen atoms in total. The minimum absolute atomic E-state index is 0. The van der Waals surface area contributed by atoms with E-state index in [-0.39, 0.29) is 38.4 Å². The molecule has 0 amide bonds. The second-order valence-electron chi connectivity index (χ2n) is 3.32. The van der Waals surface area contributed by atoms with E-state index in [1.54, 1.807) is 0 Å². The van der Waals surface area contributed by atoms with E-state index in [0.29, 0.717) is 0 Å². The van der Waals surface area contributed by atoms with Gasteiger partial charge < -0.3 is 0 Å². The van der Waals surface area contributed by atoms with Gasteiger partial charge in [0.1, 0.15) is 0 Å². The van der Waals surface area contributed by atoms with Crippen molar-refractivity contribution in [1.82, 2.24) is 0 Å². The fraction of sp³-hybridized carbons (Fsp3) is 0.200. The van der Waals surface area contributed by atoms with Crippen LogP contribution in [0.1, 0.15) is 24.8 Å². The zero-order valence-corrected chi connectivity index (χ0v) is 18.5. The van der Waals surface area contributed by atoms with Crippen LogP contribution in [-0.2, 0) is 61.5 Å². The zero-order chi connectivity index (χ0) is 22.9. The number of alkyl halides is 1. The molecule has 0 saturated heterocycles. The minimum atomic E-state index is 0. The van der Waals surface area contributed by atoms with Crippen LogP contribution in [0.3, 0.4) is 0 Å². The normalized spacial score (nSPS) is 6.24. The Kier molecular flexibility index (Phi) is 126. The molecule has 0 spiro atoms. The van der Waals surface area contributed by atoms with E-state index >= 15 is 0 Å². The van der Waals surface area contributed by atoms with Gasteiger partial charge in [-0.25, -0.2) is 0 Å². The average Bonchev–Trinajstić information content (AvgIpc) is 2.81. The summed E-state index contributed by atoms with van der Waals surface area (Å²) in [5.74, 6) is 6.34. The Morgan fingerprint density at radius 1 is 0.828 bits per heavy atom. The molecule has 0 aliphatic heterocycles. The molecule has 1 unspecified atom stereocenters. The van der Waals surface area contributed by atoms with Crippen molar-refractivity contribution < 1.29 is 61.5 Å². The third-order valence-electron chi connectivity index (χ3n) is 2.01. The Labute approximate surface area is 201 Å². The van der Waals surface area contributed by atoms with E-state index in [0.717, 1.165) is 24.8 Å². The molecule has 0 heterocycles. The Bertz CT molecular complexity index is 549. The van der Waals surface area contributed by atoms with Crippen molar-refractivity contribution >= 4 is 15.9 Å². The van der Waals surface area contributed by atoms with Crippen molar-refractivity contribution in [3.63, 3.8) is 0 Å². The number of benzene rings is 1. The van der Waals surface area contributed by atoms with Crippen molar-refractivity contribution in [1.29, 1.82) is 0 Å². The molecule has 1 rings (SSSR count). The summed E-state index contributed by atoms with van der Waals surface area (Å²) in [4.78, 5) is 0.289. The molecule has 0 N–H and O–H groups in total. The average molecular weight is 549 g/mol. The first-order chi connectivity index (χ1) is 13.3. The topological polar surface area (TPSA) is 119 Å². The summed E-state index contributed by atoms with van der Waals surface area (Å²) < 4.78 is 45.0. The van der Waals surface area contributed by atoms with Crippen molar-refractivity contribution in [2.75, 3.05) is 0 Å². The molecule has 1 aromatic carbocycles. The third kappa shape index (κ3) is 58.4. The van der Waals surface area contributed by atoms with E-state index in [9.17, 15) is 0 Å². The molecule has 1 aromatic rings. The van der Waals surface area contributed by atoms with Crippen LogP contribution in [0.15, 0.2) is 43.0 Å². The summed E-state index contributed by atoms with van der Waals surface area (Å²) in [7, 11) is 0. The standard InChI is InChI=1S/C14H15Br.6CO.2Co/c1-2-3-5-10-14(15)12-11-13-8-6-4-7-9-13;6*1-2;;/h2,4,6-9,14H,1,3,5,10H2;;;;;;;;. The van der Waals surface area contributed by atoms with Crippen LogP contribution in [0.5, 0.6) is 0 Å². The van der Waals surface area contributed by atoms with Gasteiger partial charge in [-0.2, -0.15) is 0 Å². The van der Waals surface area contributed by atoms with Gasteiger partial charge >= 0.3 is 67.8 Å². The SMILES string of the molecule is C=CCCCC(Br)C#Cc1ccccc1.[C-]#[O+].[C-]#[O+].[C-]#[O+].[C-]#[O+].[C-]#[O+].[C-]#[O+].[Co].[Co]. The first-order valence-electron chi connectivity index (χ1n) is 6.37. The van der Waals surface area contributed by atoms with Crippen LogP contribution >= 0.6 is 15.9 Å². The van der Waals surface area contributed by atoms with Crippen molar-refractivity contribution in [2.45, 2.75) is 24.1 Å². The van der Waals surface area contributed by atoms with Crippen molar-refractivity contribution in [3.8, 4) is 11.8 Å². The number of unbranched alkanes of at least 4 members (excludes halogenated alkanes) is 1. The van der Waals surface area contributed by atoms with Crippen molar-refractivity contribution in [3.05, 3.63) is 88.5 Å². The van der Waals surface area contributed by atoms with Gasteiger partial charge in [-0.15, -0.1) is 6.58 Å². The van der Waals surface area contributed by atoms with Gasteiger partial charge in [-0.05, 0) is 31.4 Å². The maximum atomic E-state index is 7.50. The summed E-state index contributed by atoms with van der Waals surface area (Å²) >= 11 is 3.56. The monoisotopic (exact) mass is 548 g/mol. The number of hydrogen-bond acceptors (Lipinski definition) is 0. The Balaban J connectivity index is -0.0000000453. The summed E-state index contributed by atoms with van der Waals surface area (Å²) in [5.41, 5.74) is 1.07. The molecule has 29 heavy (non-hydrogen) atoms. The number of rotatable bonds is 4. The molecular weight excluding hydrogens is 534 g/mol. The van der Waals surface area contributed by atoms with Gasteiger partial charge in [0.25, 0.3) is 0 Å². The van der Waals surface area contributed by atoms with E-state index in [1.807, 2.05) is 36.4 Å². The van der Waals surface area contributed by atoms with Crippen LogP contribution in [0.2, 0.25) is 0 Å². The molecule has 0 saturated carbocycles. The fourth-order valence-electron chi connectivity index (χ4n) is 1.20. The first-order valence-corrected chi connectivity index (χ1v) is 7.28. The Morgan fingerprint density at radius 3 is 1.55 bits per heavy atom. The van der Waals surface area contributed by atoms with Crippen LogP contribution in [-0.4, -0.2) is 4.83 Å².